The van der Waals surface area contributed by atoms with Crippen LogP contribution in [0.1, 0.15) is 16.7 Å². The van der Waals surface area contributed by atoms with E-state index in [4.69, 9.17) is 4.74 Å². The molecule has 0 saturated carbocycles. The lowest BCUT2D eigenvalue weighted by atomic mass is 9.85. The van der Waals surface area contributed by atoms with Crippen molar-refractivity contribution < 1.29 is 9.84 Å². The van der Waals surface area contributed by atoms with E-state index in [1.54, 1.807) is 0 Å². The van der Waals surface area contributed by atoms with Gasteiger partial charge in [-0.15, -0.1) is 0 Å². The van der Waals surface area contributed by atoms with Crippen molar-refractivity contribution in [1.29, 1.82) is 0 Å². The Morgan fingerprint density at radius 2 is 1.81 bits per heavy atom. The van der Waals surface area contributed by atoms with E-state index in [2.05, 4.69) is 39.0 Å². The zero-order valence-corrected chi connectivity index (χ0v) is 15.7. The van der Waals surface area contributed by atoms with Gasteiger partial charge in [0.15, 0.2) is 5.60 Å². The van der Waals surface area contributed by atoms with Crippen LogP contribution in [0, 0.1) is 0 Å². The molecule has 0 bridgehead atoms. The molecule has 0 spiro atoms. The number of hydrogen-bond donors (Lipinski definition) is 1. The maximum absolute atomic E-state index is 11.7. The van der Waals surface area contributed by atoms with Crippen LogP contribution in [0.3, 0.4) is 0 Å². The first kappa shape index (κ1) is 15.9. The van der Waals surface area contributed by atoms with Crippen LogP contribution in [0.4, 0.5) is 5.69 Å². The van der Waals surface area contributed by atoms with Gasteiger partial charge in [-0.3, -0.25) is 0 Å². The quantitative estimate of drug-likeness (QED) is 0.672. The molecule has 1 N–H and O–H groups in total. The minimum absolute atomic E-state index is 0.436. The Hall–Kier alpha value is -2.30. The smallest absolute Gasteiger partial charge is 0.206 e. The number of para-hydroxylation sites is 1. The standard InChI is InChI=1S/C22H18BrNO2/c23-17-10-11-20-16(12-17)13-22(25)18-8-4-5-9-19(18)24(21(22)26-20)14-15-6-2-1-3-7-15/h1-12,21,25H,13-14H2/t21-,22+/m0/s1. The fraction of sp³-hybridized carbons (Fsp3) is 0.182. The predicted molar refractivity (Wildman–Crippen MR) is 105 cm³/mol. The average molecular weight is 408 g/mol. The molecule has 5 rings (SSSR count). The maximum Gasteiger partial charge on any atom is 0.206 e. The molecule has 4 heteroatoms. The van der Waals surface area contributed by atoms with Crippen LogP contribution in [0.25, 0.3) is 0 Å². The number of halogens is 1. The monoisotopic (exact) mass is 407 g/mol. The fourth-order valence-corrected chi connectivity index (χ4v) is 4.52. The summed E-state index contributed by atoms with van der Waals surface area (Å²) in [5.41, 5.74) is 3.13. The molecule has 3 nitrogen and oxygen atoms in total. The first-order chi connectivity index (χ1) is 12.6. The highest BCUT2D eigenvalue weighted by Gasteiger charge is 2.54. The zero-order valence-electron chi connectivity index (χ0n) is 14.1. The van der Waals surface area contributed by atoms with Crippen molar-refractivity contribution in [3.63, 3.8) is 0 Å². The number of anilines is 1. The molecular weight excluding hydrogens is 390 g/mol. The van der Waals surface area contributed by atoms with Gasteiger partial charge in [-0.2, -0.15) is 0 Å². The van der Waals surface area contributed by atoms with E-state index in [0.717, 1.165) is 27.0 Å². The summed E-state index contributed by atoms with van der Waals surface area (Å²) < 4.78 is 7.33. The highest BCUT2D eigenvalue weighted by Crippen LogP contribution is 2.50. The molecule has 0 fully saturated rings. The van der Waals surface area contributed by atoms with Gasteiger partial charge in [0.05, 0.1) is 0 Å². The van der Waals surface area contributed by atoms with Crippen molar-refractivity contribution in [2.24, 2.45) is 0 Å². The largest absolute Gasteiger partial charge is 0.467 e. The number of ether oxygens (including phenoxy) is 1. The van der Waals surface area contributed by atoms with E-state index >= 15 is 0 Å². The molecule has 0 aliphatic carbocycles. The van der Waals surface area contributed by atoms with Gasteiger partial charge in [0.25, 0.3) is 0 Å². The summed E-state index contributed by atoms with van der Waals surface area (Å²) >= 11 is 3.52. The third-order valence-electron chi connectivity index (χ3n) is 5.29. The molecule has 0 radical (unpaired) electrons. The molecule has 0 unspecified atom stereocenters. The zero-order chi connectivity index (χ0) is 17.7. The van der Waals surface area contributed by atoms with Crippen molar-refractivity contribution in [2.75, 3.05) is 4.90 Å². The minimum Gasteiger partial charge on any atom is -0.467 e. The highest BCUT2D eigenvalue weighted by molar-refractivity contribution is 9.10. The van der Waals surface area contributed by atoms with Crippen LogP contribution in [-0.2, 0) is 18.6 Å². The fourth-order valence-electron chi connectivity index (χ4n) is 4.11. The lowest BCUT2D eigenvalue weighted by Crippen LogP contribution is -2.52. The third-order valence-corrected chi connectivity index (χ3v) is 5.78. The number of rotatable bonds is 2. The number of aliphatic hydroxyl groups is 1. The lowest BCUT2D eigenvalue weighted by Gasteiger charge is -2.40. The molecular formula is C22H18BrNO2. The number of nitrogens with zero attached hydrogens (tertiary/aromatic N) is 1. The van der Waals surface area contributed by atoms with Crippen molar-refractivity contribution in [3.8, 4) is 5.75 Å². The normalized spacial score (nSPS) is 23.0. The van der Waals surface area contributed by atoms with E-state index in [1.807, 2.05) is 54.6 Å². The summed E-state index contributed by atoms with van der Waals surface area (Å²) in [5, 5.41) is 11.7. The first-order valence-electron chi connectivity index (χ1n) is 8.73. The molecule has 0 amide bonds. The van der Waals surface area contributed by atoms with Crippen LogP contribution >= 0.6 is 15.9 Å². The van der Waals surface area contributed by atoms with E-state index in [-0.39, 0.29) is 0 Å². The SMILES string of the molecule is O[C@@]12Cc3cc(Br)ccc3O[C@@H]1N(Cc1ccccc1)c1ccccc12. The summed E-state index contributed by atoms with van der Waals surface area (Å²) in [6.07, 6.45) is 0.100. The maximum atomic E-state index is 11.7. The molecule has 3 aromatic carbocycles. The van der Waals surface area contributed by atoms with Crippen molar-refractivity contribution in [2.45, 2.75) is 24.8 Å². The Morgan fingerprint density at radius 3 is 2.65 bits per heavy atom. The molecule has 0 aromatic heterocycles. The van der Waals surface area contributed by atoms with Crippen LogP contribution in [0.15, 0.2) is 77.3 Å². The van der Waals surface area contributed by atoms with Crippen LogP contribution in [0.2, 0.25) is 0 Å². The first-order valence-corrected chi connectivity index (χ1v) is 9.52. The summed E-state index contributed by atoms with van der Waals surface area (Å²) in [6.45, 7) is 0.691. The van der Waals surface area contributed by atoms with E-state index in [1.165, 1.54) is 5.56 Å². The Labute approximate surface area is 161 Å². The topological polar surface area (TPSA) is 32.7 Å². The Kier molecular flexibility index (Phi) is 3.59. The van der Waals surface area contributed by atoms with Crippen LogP contribution in [0.5, 0.6) is 5.75 Å². The number of hydrogen-bond acceptors (Lipinski definition) is 3. The van der Waals surface area contributed by atoms with Crippen molar-refractivity contribution in [1.82, 2.24) is 0 Å². The van der Waals surface area contributed by atoms with E-state index in [9.17, 15) is 5.11 Å². The second kappa shape index (κ2) is 5.86. The summed E-state index contributed by atoms with van der Waals surface area (Å²) in [7, 11) is 0. The van der Waals surface area contributed by atoms with Gasteiger partial charge in [0.1, 0.15) is 5.75 Å². The van der Waals surface area contributed by atoms with Gasteiger partial charge in [0.2, 0.25) is 6.23 Å². The van der Waals surface area contributed by atoms with Gasteiger partial charge in [-0.05, 0) is 35.4 Å². The van der Waals surface area contributed by atoms with Gasteiger partial charge in [-0.25, -0.2) is 0 Å². The lowest BCUT2D eigenvalue weighted by molar-refractivity contribution is -0.0696. The second-order valence-corrected chi connectivity index (χ2v) is 7.87. The van der Waals surface area contributed by atoms with Gasteiger partial charge in [-0.1, -0.05) is 64.5 Å². The number of benzene rings is 3. The Bertz CT molecular complexity index is 975. The Balaban J connectivity index is 1.62. The molecule has 130 valence electrons. The molecule has 26 heavy (non-hydrogen) atoms. The van der Waals surface area contributed by atoms with Gasteiger partial charge < -0.3 is 14.7 Å². The summed E-state index contributed by atoms with van der Waals surface area (Å²) in [5.74, 6) is 0.841. The van der Waals surface area contributed by atoms with Crippen molar-refractivity contribution in [3.05, 3.63) is 94.0 Å². The summed E-state index contributed by atoms with van der Waals surface area (Å²) in [4.78, 5) is 2.18. The predicted octanol–water partition coefficient (Wildman–Crippen LogP) is 4.62. The van der Waals surface area contributed by atoms with E-state index in [0.29, 0.717) is 13.0 Å². The third kappa shape index (κ3) is 2.37. The Morgan fingerprint density at radius 1 is 1.04 bits per heavy atom. The molecule has 2 aliphatic heterocycles. The second-order valence-electron chi connectivity index (χ2n) is 6.95. The molecule has 3 aromatic rings. The highest BCUT2D eigenvalue weighted by atomic mass is 79.9. The average Bonchev–Trinajstić information content (AvgIpc) is 2.89. The molecule has 2 atom stereocenters. The molecule has 2 aliphatic rings. The number of fused-ring (bicyclic) bond motifs is 4. The van der Waals surface area contributed by atoms with Crippen molar-refractivity contribution >= 4 is 21.6 Å². The molecule has 0 saturated heterocycles. The van der Waals surface area contributed by atoms with Crippen LogP contribution < -0.4 is 9.64 Å². The van der Waals surface area contributed by atoms with Gasteiger partial charge >= 0.3 is 0 Å². The van der Waals surface area contributed by atoms with E-state index < -0.39 is 11.8 Å². The van der Waals surface area contributed by atoms with Crippen LogP contribution in [-0.4, -0.2) is 11.3 Å². The summed E-state index contributed by atoms with van der Waals surface area (Å²) in [6, 6.07) is 24.4. The van der Waals surface area contributed by atoms with Gasteiger partial charge in [0, 0.05) is 28.7 Å². The minimum atomic E-state index is -1.06. The molecule has 2 heterocycles.